The summed E-state index contributed by atoms with van der Waals surface area (Å²) in [5.74, 6) is -0.563. The molecule has 0 aliphatic carbocycles. The number of hydrogen-bond acceptors (Lipinski definition) is 2. The van der Waals surface area contributed by atoms with Crippen LogP contribution in [0, 0.1) is 6.92 Å². The second kappa shape index (κ2) is 5.96. The fourth-order valence-corrected chi connectivity index (χ4v) is 3.25. The monoisotopic (exact) mass is 320 g/mol. The molecule has 4 nitrogen and oxygen atoms in total. The van der Waals surface area contributed by atoms with Crippen LogP contribution in [0.4, 0.5) is 5.69 Å². The Balaban J connectivity index is 2.30. The van der Waals surface area contributed by atoms with E-state index in [1.807, 2.05) is 43.4 Å². The van der Waals surface area contributed by atoms with Crippen LogP contribution in [-0.4, -0.2) is 16.4 Å². The normalized spacial score (nSPS) is 10.8. The zero-order chi connectivity index (χ0) is 17.4. The maximum atomic E-state index is 11.8. The summed E-state index contributed by atoms with van der Waals surface area (Å²) in [6.45, 7) is 4.88. The van der Waals surface area contributed by atoms with Crippen molar-refractivity contribution in [3.63, 3.8) is 0 Å². The highest BCUT2D eigenvalue weighted by atomic mass is 16.2. The van der Waals surface area contributed by atoms with Crippen LogP contribution < -0.4 is 4.90 Å². The van der Waals surface area contributed by atoms with Crippen LogP contribution in [0.3, 0.4) is 0 Å². The molecule has 0 unspecified atom stereocenters. The molecule has 122 valence electrons. The Kier molecular flexibility index (Phi) is 3.97. The zero-order valence-electron chi connectivity index (χ0n) is 14.3. The first kappa shape index (κ1) is 16.0. The molecule has 0 bridgehead atoms. The molecule has 4 heteroatoms. The van der Waals surface area contributed by atoms with Gasteiger partial charge in [0.2, 0.25) is 11.8 Å². The lowest BCUT2D eigenvalue weighted by Crippen LogP contribution is -2.32. The van der Waals surface area contributed by atoms with E-state index in [9.17, 15) is 9.59 Å². The van der Waals surface area contributed by atoms with Crippen molar-refractivity contribution in [3.8, 4) is 11.1 Å². The summed E-state index contributed by atoms with van der Waals surface area (Å²) in [7, 11) is 2.03. The van der Waals surface area contributed by atoms with Gasteiger partial charge in [-0.05, 0) is 30.7 Å². The van der Waals surface area contributed by atoms with Crippen LogP contribution in [0.2, 0.25) is 0 Å². The molecule has 0 saturated carbocycles. The predicted octanol–water partition coefficient (Wildman–Crippen LogP) is 4.05. The van der Waals surface area contributed by atoms with Crippen LogP contribution in [0.25, 0.3) is 22.0 Å². The number of fused-ring (bicyclic) bond motifs is 1. The topological polar surface area (TPSA) is 42.3 Å². The third-order valence-corrected chi connectivity index (χ3v) is 4.43. The van der Waals surface area contributed by atoms with E-state index in [4.69, 9.17) is 0 Å². The molecule has 0 N–H and O–H groups in total. The number of nitrogens with zero attached hydrogens (tertiary/aromatic N) is 2. The summed E-state index contributed by atoms with van der Waals surface area (Å²) in [5.41, 5.74) is 5.06. The number of benzene rings is 2. The maximum Gasteiger partial charge on any atom is 0.230 e. The highest BCUT2D eigenvalue weighted by Crippen LogP contribution is 2.36. The minimum absolute atomic E-state index is 0.282. The van der Waals surface area contributed by atoms with Gasteiger partial charge in [-0.2, -0.15) is 0 Å². The first-order valence-corrected chi connectivity index (χ1v) is 7.87. The van der Waals surface area contributed by atoms with Crippen LogP contribution in [-0.2, 0) is 16.6 Å². The van der Waals surface area contributed by atoms with Crippen molar-refractivity contribution in [2.75, 3.05) is 4.90 Å². The minimum Gasteiger partial charge on any atom is -0.347 e. The lowest BCUT2D eigenvalue weighted by Gasteiger charge is -2.17. The van der Waals surface area contributed by atoms with Gasteiger partial charge in [0.1, 0.15) is 0 Å². The molecule has 0 spiro atoms. The molecule has 1 aromatic heterocycles. The SMILES string of the molecule is CC(=O)N(C(C)=O)c1ccc2c(c1)c(-c1ccccc1)c(C)n2C. The van der Waals surface area contributed by atoms with E-state index in [1.54, 1.807) is 0 Å². The fourth-order valence-electron chi connectivity index (χ4n) is 3.25. The summed E-state index contributed by atoms with van der Waals surface area (Å²) in [4.78, 5) is 24.9. The molecule has 0 aliphatic rings. The van der Waals surface area contributed by atoms with Gasteiger partial charge < -0.3 is 4.57 Å². The van der Waals surface area contributed by atoms with Crippen LogP contribution >= 0.6 is 0 Å². The molecule has 2 amide bonds. The second-order valence-corrected chi connectivity index (χ2v) is 5.96. The van der Waals surface area contributed by atoms with E-state index in [1.165, 1.54) is 18.7 Å². The molecule has 0 aliphatic heterocycles. The number of amides is 2. The van der Waals surface area contributed by atoms with E-state index in [0.29, 0.717) is 5.69 Å². The van der Waals surface area contributed by atoms with Crippen molar-refractivity contribution in [2.45, 2.75) is 20.8 Å². The van der Waals surface area contributed by atoms with Crippen LogP contribution in [0.15, 0.2) is 48.5 Å². The van der Waals surface area contributed by atoms with Crippen molar-refractivity contribution in [1.82, 2.24) is 4.57 Å². The van der Waals surface area contributed by atoms with Gasteiger partial charge in [0.15, 0.2) is 0 Å². The number of carbonyl (C=O) groups is 2. The van der Waals surface area contributed by atoms with Crippen molar-refractivity contribution in [1.29, 1.82) is 0 Å². The molecular formula is C20H20N2O2. The van der Waals surface area contributed by atoms with E-state index < -0.39 is 0 Å². The number of rotatable bonds is 2. The number of anilines is 1. The maximum absolute atomic E-state index is 11.8. The molecule has 0 radical (unpaired) electrons. The molecule has 24 heavy (non-hydrogen) atoms. The Labute approximate surface area is 141 Å². The van der Waals surface area contributed by atoms with Gasteiger partial charge in [0.05, 0.1) is 5.69 Å². The Morgan fingerprint density at radius 2 is 1.58 bits per heavy atom. The third kappa shape index (κ3) is 2.50. The van der Waals surface area contributed by atoms with Gasteiger partial charge in [-0.3, -0.25) is 14.5 Å². The molecule has 0 fully saturated rings. The number of aryl methyl sites for hydroxylation is 1. The molecule has 3 aromatic rings. The Morgan fingerprint density at radius 1 is 0.958 bits per heavy atom. The van der Waals surface area contributed by atoms with Crippen molar-refractivity contribution in [2.24, 2.45) is 7.05 Å². The Bertz CT molecular complexity index is 925. The second-order valence-electron chi connectivity index (χ2n) is 5.96. The van der Waals surface area contributed by atoms with Gasteiger partial charge in [0, 0.05) is 43.1 Å². The number of imide groups is 1. The molecule has 1 heterocycles. The highest BCUT2D eigenvalue weighted by Gasteiger charge is 2.19. The zero-order valence-corrected chi connectivity index (χ0v) is 14.3. The Hall–Kier alpha value is -2.88. The summed E-state index contributed by atoms with van der Waals surface area (Å²) >= 11 is 0. The molecule has 3 rings (SSSR count). The van der Waals surface area contributed by atoms with E-state index in [-0.39, 0.29) is 11.8 Å². The Morgan fingerprint density at radius 3 is 2.17 bits per heavy atom. The van der Waals surface area contributed by atoms with E-state index in [0.717, 1.165) is 27.7 Å². The molecular weight excluding hydrogens is 300 g/mol. The highest BCUT2D eigenvalue weighted by molar-refractivity contribution is 6.14. The number of hydrogen-bond donors (Lipinski definition) is 0. The lowest BCUT2D eigenvalue weighted by atomic mass is 10.0. The first-order valence-electron chi connectivity index (χ1n) is 7.87. The summed E-state index contributed by atoms with van der Waals surface area (Å²) in [6, 6.07) is 15.9. The van der Waals surface area contributed by atoms with Crippen molar-refractivity contribution in [3.05, 3.63) is 54.2 Å². The third-order valence-electron chi connectivity index (χ3n) is 4.43. The van der Waals surface area contributed by atoms with Gasteiger partial charge in [0.25, 0.3) is 0 Å². The lowest BCUT2D eigenvalue weighted by molar-refractivity contribution is -0.124. The van der Waals surface area contributed by atoms with Gasteiger partial charge >= 0.3 is 0 Å². The standard InChI is InChI=1S/C20H20N2O2/c1-13-20(16-8-6-5-7-9-16)18-12-17(10-11-19(18)21(13)4)22(14(2)23)15(3)24/h5-12H,1-4H3. The van der Waals surface area contributed by atoms with Crippen molar-refractivity contribution < 1.29 is 9.59 Å². The van der Waals surface area contributed by atoms with E-state index >= 15 is 0 Å². The predicted molar refractivity (Wildman–Crippen MR) is 96.9 cm³/mol. The van der Waals surface area contributed by atoms with Gasteiger partial charge in [-0.15, -0.1) is 0 Å². The van der Waals surface area contributed by atoms with Crippen LogP contribution in [0.1, 0.15) is 19.5 Å². The molecule has 0 saturated heterocycles. The minimum atomic E-state index is -0.282. The molecule has 0 atom stereocenters. The first-order chi connectivity index (χ1) is 11.4. The van der Waals surface area contributed by atoms with Crippen molar-refractivity contribution >= 4 is 28.4 Å². The average Bonchev–Trinajstić information content (AvgIpc) is 2.79. The number of carbonyl (C=O) groups excluding carboxylic acids is 2. The number of aromatic nitrogens is 1. The summed E-state index contributed by atoms with van der Waals surface area (Å²) in [6.07, 6.45) is 0. The summed E-state index contributed by atoms with van der Waals surface area (Å²) < 4.78 is 2.13. The largest absolute Gasteiger partial charge is 0.347 e. The van der Waals surface area contributed by atoms with E-state index in [2.05, 4.69) is 23.6 Å². The fraction of sp³-hybridized carbons (Fsp3) is 0.200. The molecule has 2 aromatic carbocycles. The summed E-state index contributed by atoms with van der Waals surface area (Å²) in [5, 5.41) is 1.03. The van der Waals surface area contributed by atoms with Crippen LogP contribution in [0.5, 0.6) is 0 Å². The van der Waals surface area contributed by atoms with Gasteiger partial charge in [-0.1, -0.05) is 30.3 Å². The average molecular weight is 320 g/mol. The quantitative estimate of drug-likeness (QED) is 0.715. The van der Waals surface area contributed by atoms with Gasteiger partial charge in [-0.25, -0.2) is 0 Å². The smallest absolute Gasteiger partial charge is 0.230 e.